The highest BCUT2D eigenvalue weighted by Gasteiger charge is 2.30. The van der Waals surface area contributed by atoms with Crippen molar-refractivity contribution in [2.24, 2.45) is 0 Å². The zero-order chi connectivity index (χ0) is 15.5. The van der Waals surface area contributed by atoms with Gasteiger partial charge in [-0.05, 0) is 56.0 Å². The molecule has 1 fully saturated rings. The van der Waals surface area contributed by atoms with Gasteiger partial charge in [-0.1, -0.05) is 12.1 Å². The lowest BCUT2D eigenvalue weighted by Crippen LogP contribution is -2.36. The Kier molecular flexibility index (Phi) is 4.18. The average molecular weight is 299 g/mol. The van der Waals surface area contributed by atoms with Crippen LogP contribution in [0.5, 0.6) is 5.75 Å². The minimum atomic E-state index is 0.00381. The monoisotopic (exact) mass is 299 g/mol. The first-order chi connectivity index (χ1) is 10.7. The smallest absolute Gasteiger partial charge is 0.289 e. The highest BCUT2D eigenvalue weighted by Crippen LogP contribution is 2.24. The van der Waals surface area contributed by atoms with E-state index in [0.29, 0.717) is 5.76 Å². The molecule has 1 atom stereocenters. The normalized spacial score (nSPS) is 17.7. The number of likely N-dealkylation sites (tertiary alicyclic amines) is 1. The number of hydrogen-bond donors (Lipinski definition) is 0. The molecule has 4 heteroatoms. The van der Waals surface area contributed by atoms with Crippen LogP contribution in [0, 0.1) is 6.92 Å². The van der Waals surface area contributed by atoms with E-state index in [1.807, 2.05) is 30.0 Å². The van der Waals surface area contributed by atoms with Gasteiger partial charge in [-0.3, -0.25) is 4.79 Å². The molecule has 0 aliphatic carbocycles. The number of rotatable bonds is 4. The summed E-state index contributed by atoms with van der Waals surface area (Å²) in [5.74, 6) is 2.08. The molecule has 0 saturated carbocycles. The molecule has 1 aromatic heterocycles. The topological polar surface area (TPSA) is 42.7 Å². The second-order valence-electron chi connectivity index (χ2n) is 5.76. The second kappa shape index (κ2) is 6.26. The van der Waals surface area contributed by atoms with Crippen molar-refractivity contribution in [2.75, 3.05) is 13.7 Å². The number of furan rings is 1. The fraction of sp³-hybridized carbons (Fsp3) is 0.389. The average Bonchev–Trinajstić information content (AvgIpc) is 3.16. The molecule has 0 unspecified atom stereocenters. The maximum absolute atomic E-state index is 12.6. The van der Waals surface area contributed by atoms with Crippen LogP contribution in [0.4, 0.5) is 0 Å². The molecule has 1 amide bonds. The van der Waals surface area contributed by atoms with Crippen molar-refractivity contribution in [1.82, 2.24) is 4.90 Å². The molecule has 3 rings (SSSR count). The minimum absolute atomic E-state index is 0.00381. The minimum Gasteiger partial charge on any atom is -0.497 e. The Morgan fingerprint density at radius 3 is 2.68 bits per heavy atom. The van der Waals surface area contributed by atoms with Crippen molar-refractivity contribution in [2.45, 2.75) is 32.2 Å². The van der Waals surface area contributed by atoms with Crippen molar-refractivity contribution in [3.63, 3.8) is 0 Å². The Morgan fingerprint density at radius 2 is 2.05 bits per heavy atom. The van der Waals surface area contributed by atoms with E-state index >= 15 is 0 Å². The SMILES string of the molecule is COc1ccc(C[C@H]2CCCN2C(=O)c2ccc(C)o2)cc1. The number of ether oxygens (including phenoxy) is 1. The lowest BCUT2D eigenvalue weighted by molar-refractivity contribution is 0.0703. The maximum atomic E-state index is 12.6. The first-order valence-electron chi connectivity index (χ1n) is 7.67. The maximum Gasteiger partial charge on any atom is 0.289 e. The lowest BCUT2D eigenvalue weighted by Gasteiger charge is -2.24. The van der Waals surface area contributed by atoms with E-state index < -0.39 is 0 Å². The van der Waals surface area contributed by atoms with E-state index in [1.165, 1.54) is 5.56 Å². The van der Waals surface area contributed by atoms with E-state index in [9.17, 15) is 4.79 Å². The highest BCUT2D eigenvalue weighted by molar-refractivity contribution is 5.92. The Balaban J connectivity index is 1.71. The number of carbonyl (C=O) groups is 1. The lowest BCUT2D eigenvalue weighted by atomic mass is 10.0. The third kappa shape index (κ3) is 3.01. The van der Waals surface area contributed by atoms with Gasteiger partial charge in [0.1, 0.15) is 11.5 Å². The quantitative estimate of drug-likeness (QED) is 0.868. The van der Waals surface area contributed by atoms with Gasteiger partial charge in [0.2, 0.25) is 0 Å². The van der Waals surface area contributed by atoms with E-state index in [-0.39, 0.29) is 11.9 Å². The van der Waals surface area contributed by atoms with Gasteiger partial charge in [-0.25, -0.2) is 0 Å². The van der Waals surface area contributed by atoms with Crippen LogP contribution in [0.15, 0.2) is 40.8 Å². The van der Waals surface area contributed by atoms with Crippen molar-refractivity contribution in [3.05, 3.63) is 53.5 Å². The van der Waals surface area contributed by atoms with Gasteiger partial charge >= 0.3 is 0 Å². The molecule has 22 heavy (non-hydrogen) atoms. The third-order valence-electron chi connectivity index (χ3n) is 4.22. The van der Waals surface area contributed by atoms with E-state index in [4.69, 9.17) is 9.15 Å². The van der Waals surface area contributed by atoms with Crippen molar-refractivity contribution >= 4 is 5.91 Å². The number of amides is 1. The summed E-state index contributed by atoms with van der Waals surface area (Å²) >= 11 is 0. The Hall–Kier alpha value is -2.23. The zero-order valence-electron chi connectivity index (χ0n) is 13.0. The number of methoxy groups -OCH3 is 1. The second-order valence-corrected chi connectivity index (χ2v) is 5.76. The molecule has 116 valence electrons. The fourth-order valence-electron chi connectivity index (χ4n) is 3.04. The van der Waals surface area contributed by atoms with Crippen LogP contribution in [-0.2, 0) is 6.42 Å². The summed E-state index contributed by atoms with van der Waals surface area (Å²) in [5.41, 5.74) is 1.22. The molecule has 0 spiro atoms. The molecule has 2 heterocycles. The Bertz CT molecular complexity index is 645. The van der Waals surface area contributed by atoms with Gasteiger partial charge in [0.15, 0.2) is 5.76 Å². The summed E-state index contributed by atoms with van der Waals surface area (Å²) in [4.78, 5) is 14.5. The first-order valence-corrected chi connectivity index (χ1v) is 7.67. The molecular weight excluding hydrogens is 278 g/mol. The predicted molar refractivity (Wildman–Crippen MR) is 84.2 cm³/mol. The first kappa shape index (κ1) is 14.7. The number of carbonyl (C=O) groups excluding carboxylic acids is 1. The van der Waals surface area contributed by atoms with Gasteiger partial charge in [-0.2, -0.15) is 0 Å². The standard InChI is InChI=1S/C18H21NO3/c1-13-5-10-17(22-13)18(20)19-11-3-4-15(19)12-14-6-8-16(21-2)9-7-14/h5-10,15H,3-4,11-12H2,1-2H3/t15-/m1/s1. The largest absolute Gasteiger partial charge is 0.497 e. The van der Waals surface area contributed by atoms with Gasteiger partial charge in [-0.15, -0.1) is 0 Å². The van der Waals surface area contributed by atoms with Crippen molar-refractivity contribution in [3.8, 4) is 5.75 Å². The number of nitrogens with zero attached hydrogens (tertiary/aromatic N) is 1. The molecule has 1 aromatic carbocycles. The summed E-state index contributed by atoms with van der Waals surface area (Å²) in [5, 5.41) is 0. The van der Waals surface area contributed by atoms with Crippen LogP contribution >= 0.6 is 0 Å². The summed E-state index contributed by atoms with van der Waals surface area (Å²) < 4.78 is 10.7. The molecule has 1 aliphatic heterocycles. The number of benzene rings is 1. The van der Waals surface area contributed by atoms with Crippen molar-refractivity contribution in [1.29, 1.82) is 0 Å². The summed E-state index contributed by atoms with van der Waals surface area (Å²) in [7, 11) is 1.66. The van der Waals surface area contributed by atoms with Crippen LogP contribution in [0.1, 0.15) is 34.7 Å². The molecule has 1 saturated heterocycles. The van der Waals surface area contributed by atoms with Crippen LogP contribution in [0.3, 0.4) is 0 Å². The van der Waals surface area contributed by atoms with Crippen LogP contribution in [0.2, 0.25) is 0 Å². The predicted octanol–water partition coefficient (Wildman–Crippen LogP) is 3.44. The van der Waals surface area contributed by atoms with Gasteiger partial charge in [0, 0.05) is 12.6 Å². The Morgan fingerprint density at radius 1 is 1.27 bits per heavy atom. The van der Waals surface area contributed by atoms with E-state index in [0.717, 1.165) is 37.3 Å². The molecule has 0 bridgehead atoms. The van der Waals surface area contributed by atoms with Crippen LogP contribution < -0.4 is 4.74 Å². The van der Waals surface area contributed by atoms with Crippen LogP contribution in [-0.4, -0.2) is 30.5 Å². The van der Waals surface area contributed by atoms with Gasteiger partial charge < -0.3 is 14.1 Å². The summed E-state index contributed by atoms with van der Waals surface area (Å²) in [6.45, 7) is 2.66. The van der Waals surface area contributed by atoms with E-state index in [2.05, 4.69) is 12.1 Å². The molecule has 1 aliphatic rings. The Labute approximate surface area is 130 Å². The molecule has 2 aromatic rings. The molecule has 0 N–H and O–H groups in total. The summed E-state index contributed by atoms with van der Waals surface area (Å²) in [6, 6.07) is 11.9. The molecule has 4 nitrogen and oxygen atoms in total. The van der Waals surface area contributed by atoms with E-state index in [1.54, 1.807) is 13.2 Å². The molecule has 0 radical (unpaired) electrons. The number of hydrogen-bond acceptors (Lipinski definition) is 3. The summed E-state index contributed by atoms with van der Waals surface area (Å²) in [6.07, 6.45) is 2.96. The third-order valence-corrected chi connectivity index (χ3v) is 4.22. The molecular formula is C18H21NO3. The van der Waals surface area contributed by atoms with Gasteiger partial charge in [0.25, 0.3) is 5.91 Å². The van der Waals surface area contributed by atoms with Crippen molar-refractivity contribution < 1.29 is 13.9 Å². The highest BCUT2D eigenvalue weighted by atomic mass is 16.5. The fourth-order valence-corrected chi connectivity index (χ4v) is 3.04. The van der Waals surface area contributed by atoms with Crippen LogP contribution in [0.25, 0.3) is 0 Å². The number of aryl methyl sites for hydroxylation is 1. The van der Waals surface area contributed by atoms with Gasteiger partial charge in [0.05, 0.1) is 7.11 Å². The zero-order valence-corrected chi connectivity index (χ0v) is 13.0.